The van der Waals surface area contributed by atoms with Crippen LogP contribution in [0.5, 0.6) is 5.75 Å². The first kappa shape index (κ1) is 15.5. The number of tetrazole rings is 1. The third-order valence-electron chi connectivity index (χ3n) is 4.34. The summed E-state index contributed by atoms with van der Waals surface area (Å²) < 4.78 is 6.65. The molecule has 0 atom stereocenters. The maximum Gasteiger partial charge on any atom is 0.244 e. The van der Waals surface area contributed by atoms with Crippen molar-refractivity contribution in [2.75, 3.05) is 20.2 Å². The van der Waals surface area contributed by atoms with Crippen molar-refractivity contribution in [3.05, 3.63) is 36.2 Å². The Morgan fingerprint density at radius 2 is 2.00 bits per heavy atom. The quantitative estimate of drug-likeness (QED) is 0.828. The SMILES string of the molecule is COc1ccc(CC2CCN(C(=O)Cn3cnnn3)CC2)cc1. The van der Waals surface area contributed by atoms with Crippen LogP contribution in [0.3, 0.4) is 0 Å². The average Bonchev–Trinajstić information content (AvgIpc) is 3.09. The molecule has 0 radical (unpaired) electrons. The van der Waals surface area contributed by atoms with Gasteiger partial charge in [-0.15, -0.1) is 5.10 Å². The lowest BCUT2D eigenvalue weighted by molar-refractivity contribution is -0.133. The molecule has 3 rings (SSSR count). The molecule has 1 aromatic heterocycles. The van der Waals surface area contributed by atoms with Gasteiger partial charge in [-0.05, 0) is 53.3 Å². The second-order valence-corrected chi connectivity index (χ2v) is 5.88. The summed E-state index contributed by atoms with van der Waals surface area (Å²) in [7, 11) is 1.68. The summed E-state index contributed by atoms with van der Waals surface area (Å²) in [4.78, 5) is 14.1. The van der Waals surface area contributed by atoms with Gasteiger partial charge in [0.05, 0.1) is 7.11 Å². The number of likely N-dealkylation sites (tertiary alicyclic amines) is 1. The van der Waals surface area contributed by atoms with Gasteiger partial charge in [0.15, 0.2) is 0 Å². The van der Waals surface area contributed by atoms with Crippen molar-refractivity contribution < 1.29 is 9.53 Å². The van der Waals surface area contributed by atoms with E-state index in [-0.39, 0.29) is 12.5 Å². The van der Waals surface area contributed by atoms with Crippen molar-refractivity contribution in [2.45, 2.75) is 25.8 Å². The lowest BCUT2D eigenvalue weighted by Crippen LogP contribution is -2.40. The number of benzene rings is 1. The molecule has 2 aromatic rings. The van der Waals surface area contributed by atoms with Gasteiger partial charge in [0.25, 0.3) is 0 Å². The molecule has 0 spiro atoms. The summed E-state index contributed by atoms with van der Waals surface area (Å²) in [6.07, 6.45) is 4.59. The van der Waals surface area contributed by atoms with Crippen LogP contribution in [0.2, 0.25) is 0 Å². The van der Waals surface area contributed by atoms with Crippen LogP contribution in [0, 0.1) is 5.92 Å². The number of methoxy groups -OCH3 is 1. The van der Waals surface area contributed by atoms with Crippen LogP contribution >= 0.6 is 0 Å². The number of ether oxygens (including phenoxy) is 1. The zero-order valence-electron chi connectivity index (χ0n) is 13.3. The minimum atomic E-state index is 0.0835. The fourth-order valence-electron chi connectivity index (χ4n) is 2.97. The van der Waals surface area contributed by atoms with Gasteiger partial charge < -0.3 is 9.64 Å². The Morgan fingerprint density at radius 3 is 2.61 bits per heavy atom. The predicted octanol–water partition coefficient (Wildman–Crippen LogP) is 1.16. The highest BCUT2D eigenvalue weighted by atomic mass is 16.5. The number of amides is 1. The zero-order chi connectivity index (χ0) is 16.1. The number of hydrogen-bond donors (Lipinski definition) is 0. The molecular weight excluding hydrogens is 294 g/mol. The van der Waals surface area contributed by atoms with Gasteiger partial charge in [-0.2, -0.15) is 0 Å². The minimum absolute atomic E-state index is 0.0835. The second kappa shape index (κ2) is 7.21. The summed E-state index contributed by atoms with van der Waals surface area (Å²) in [6.45, 7) is 1.83. The predicted molar refractivity (Wildman–Crippen MR) is 83.8 cm³/mol. The van der Waals surface area contributed by atoms with Gasteiger partial charge in [0, 0.05) is 13.1 Å². The molecule has 122 valence electrons. The lowest BCUT2D eigenvalue weighted by Gasteiger charge is -2.32. The van der Waals surface area contributed by atoms with Gasteiger partial charge in [-0.25, -0.2) is 4.68 Å². The molecule has 1 aliphatic heterocycles. The van der Waals surface area contributed by atoms with E-state index < -0.39 is 0 Å². The van der Waals surface area contributed by atoms with E-state index in [9.17, 15) is 4.79 Å². The van der Waals surface area contributed by atoms with Crippen LogP contribution < -0.4 is 4.74 Å². The monoisotopic (exact) mass is 315 g/mol. The van der Waals surface area contributed by atoms with Crippen LogP contribution in [0.1, 0.15) is 18.4 Å². The average molecular weight is 315 g/mol. The topological polar surface area (TPSA) is 73.1 Å². The normalized spacial score (nSPS) is 15.6. The summed E-state index contributed by atoms with van der Waals surface area (Å²) in [5.74, 6) is 1.59. The summed E-state index contributed by atoms with van der Waals surface area (Å²) in [6, 6.07) is 8.24. The van der Waals surface area contributed by atoms with Gasteiger partial charge in [0.2, 0.25) is 5.91 Å². The van der Waals surface area contributed by atoms with Gasteiger partial charge in [-0.1, -0.05) is 12.1 Å². The molecule has 1 aromatic carbocycles. The largest absolute Gasteiger partial charge is 0.497 e. The van der Waals surface area contributed by atoms with Gasteiger partial charge in [-0.3, -0.25) is 4.79 Å². The van der Waals surface area contributed by atoms with Crippen LogP contribution in [-0.2, 0) is 17.8 Å². The number of piperidine rings is 1. The molecule has 1 saturated heterocycles. The van der Waals surface area contributed by atoms with Crippen molar-refractivity contribution >= 4 is 5.91 Å². The highest BCUT2D eigenvalue weighted by molar-refractivity contribution is 5.75. The number of hydrogen-bond acceptors (Lipinski definition) is 5. The highest BCUT2D eigenvalue weighted by Gasteiger charge is 2.23. The fraction of sp³-hybridized carbons (Fsp3) is 0.500. The van der Waals surface area contributed by atoms with E-state index in [2.05, 4.69) is 27.7 Å². The van der Waals surface area contributed by atoms with E-state index in [0.29, 0.717) is 5.92 Å². The third-order valence-corrected chi connectivity index (χ3v) is 4.34. The van der Waals surface area contributed by atoms with E-state index in [0.717, 1.165) is 38.1 Å². The van der Waals surface area contributed by atoms with E-state index in [4.69, 9.17) is 4.74 Å². The Kier molecular flexibility index (Phi) is 4.85. The second-order valence-electron chi connectivity index (χ2n) is 5.88. The van der Waals surface area contributed by atoms with Crippen LogP contribution in [0.4, 0.5) is 0 Å². The van der Waals surface area contributed by atoms with E-state index >= 15 is 0 Å². The maximum atomic E-state index is 12.2. The molecule has 0 N–H and O–H groups in total. The lowest BCUT2D eigenvalue weighted by atomic mass is 9.90. The molecule has 0 unspecified atom stereocenters. The number of carbonyl (C=O) groups excluding carboxylic acids is 1. The van der Waals surface area contributed by atoms with Crippen molar-refractivity contribution in [3.8, 4) is 5.75 Å². The van der Waals surface area contributed by atoms with Crippen molar-refractivity contribution in [3.63, 3.8) is 0 Å². The zero-order valence-corrected chi connectivity index (χ0v) is 13.3. The molecule has 7 heteroatoms. The summed E-state index contributed by atoms with van der Waals surface area (Å²) in [5.41, 5.74) is 1.32. The third kappa shape index (κ3) is 4.06. The number of rotatable bonds is 5. The van der Waals surface area contributed by atoms with Crippen LogP contribution in [0.15, 0.2) is 30.6 Å². The van der Waals surface area contributed by atoms with E-state index in [1.807, 2.05) is 17.0 Å². The van der Waals surface area contributed by atoms with E-state index in [1.54, 1.807) is 7.11 Å². The Bertz CT molecular complexity index is 618. The maximum absolute atomic E-state index is 12.2. The molecular formula is C16H21N5O2. The van der Waals surface area contributed by atoms with Crippen LogP contribution in [0.25, 0.3) is 0 Å². The number of carbonyl (C=O) groups is 1. The standard InChI is InChI=1S/C16H21N5O2/c1-23-15-4-2-13(3-5-15)10-14-6-8-20(9-7-14)16(22)11-21-12-17-18-19-21/h2-5,12,14H,6-11H2,1H3. The molecule has 0 bridgehead atoms. The number of aromatic nitrogens is 4. The van der Waals surface area contributed by atoms with Crippen LogP contribution in [-0.4, -0.2) is 51.2 Å². The van der Waals surface area contributed by atoms with Crippen molar-refractivity contribution in [2.24, 2.45) is 5.92 Å². The van der Waals surface area contributed by atoms with E-state index in [1.165, 1.54) is 16.6 Å². The van der Waals surface area contributed by atoms with Crippen molar-refractivity contribution in [1.29, 1.82) is 0 Å². The molecule has 1 fully saturated rings. The molecule has 0 aliphatic carbocycles. The summed E-state index contributed by atoms with van der Waals surface area (Å²) in [5, 5.41) is 10.8. The first-order valence-electron chi connectivity index (χ1n) is 7.86. The summed E-state index contributed by atoms with van der Waals surface area (Å²) >= 11 is 0. The Hall–Kier alpha value is -2.44. The molecule has 2 heterocycles. The minimum Gasteiger partial charge on any atom is -0.497 e. The Labute approximate surface area is 135 Å². The Morgan fingerprint density at radius 1 is 1.26 bits per heavy atom. The molecule has 23 heavy (non-hydrogen) atoms. The molecule has 7 nitrogen and oxygen atoms in total. The first-order valence-corrected chi connectivity index (χ1v) is 7.86. The number of nitrogens with zero attached hydrogens (tertiary/aromatic N) is 5. The van der Waals surface area contributed by atoms with Gasteiger partial charge >= 0.3 is 0 Å². The van der Waals surface area contributed by atoms with Gasteiger partial charge in [0.1, 0.15) is 18.6 Å². The smallest absolute Gasteiger partial charge is 0.244 e. The molecule has 1 aliphatic rings. The highest BCUT2D eigenvalue weighted by Crippen LogP contribution is 2.23. The van der Waals surface area contributed by atoms with Crippen molar-refractivity contribution in [1.82, 2.24) is 25.1 Å². The molecule has 0 saturated carbocycles. The molecule has 1 amide bonds. The first-order chi connectivity index (χ1) is 11.2. The fourth-order valence-corrected chi connectivity index (χ4v) is 2.97. The Balaban J connectivity index is 1.47.